The monoisotopic (exact) mass is 353 g/mol. The van der Waals surface area contributed by atoms with Crippen LogP contribution in [0.15, 0.2) is 42.5 Å². The molecule has 0 spiro atoms. The maximum atomic E-state index is 12.2. The molecule has 0 bridgehead atoms. The lowest BCUT2D eigenvalue weighted by Crippen LogP contribution is -2.42. The Labute approximate surface area is 142 Å². The van der Waals surface area contributed by atoms with Crippen LogP contribution in [0, 0.1) is 0 Å². The van der Waals surface area contributed by atoms with E-state index in [1.807, 2.05) is 6.07 Å². The maximum Gasteiger partial charge on any atom is 0.326 e. The second-order valence-electron chi connectivity index (χ2n) is 4.84. The maximum absolute atomic E-state index is 12.2. The molecule has 120 valence electrons. The van der Waals surface area contributed by atoms with Crippen LogP contribution in [0.4, 0.5) is 0 Å². The fourth-order valence-electron chi connectivity index (χ4n) is 2.02. The van der Waals surface area contributed by atoms with Gasteiger partial charge in [0.15, 0.2) is 0 Å². The second kappa shape index (κ2) is 7.35. The zero-order chi connectivity index (χ0) is 17.0. The van der Waals surface area contributed by atoms with Gasteiger partial charge in [-0.3, -0.25) is 4.79 Å². The average molecular weight is 354 g/mol. The molecule has 0 aromatic heterocycles. The lowest BCUT2D eigenvalue weighted by Gasteiger charge is -2.15. The Bertz CT molecular complexity index is 734. The SMILES string of the molecule is O=C(N[C@@H](Cc1ccccc1)C(=O)O)c1cc(Cl)cc(Cl)c1O. The van der Waals surface area contributed by atoms with Crippen LogP contribution in [-0.2, 0) is 11.2 Å². The van der Waals surface area contributed by atoms with Gasteiger partial charge in [0.2, 0.25) is 0 Å². The lowest BCUT2D eigenvalue weighted by molar-refractivity contribution is -0.139. The van der Waals surface area contributed by atoms with E-state index in [1.54, 1.807) is 24.3 Å². The third kappa shape index (κ3) is 4.37. The number of phenols is 1. The van der Waals surface area contributed by atoms with Gasteiger partial charge < -0.3 is 15.5 Å². The highest BCUT2D eigenvalue weighted by atomic mass is 35.5. The summed E-state index contributed by atoms with van der Waals surface area (Å²) in [5.74, 6) is -2.40. The molecule has 1 atom stereocenters. The van der Waals surface area contributed by atoms with Crippen molar-refractivity contribution in [3.05, 3.63) is 63.6 Å². The van der Waals surface area contributed by atoms with Crippen LogP contribution in [0.3, 0.4) is 0 Å². The molecule has 2 aromatic rings. The van der Waals surface area contributed by atoms with E-state index in [0.29, 0.717) is 0 Å². The average Bonchev–Trinajstić information content (AvgIpc) is 2.51. The molecule has 3 N–H and O–H groups in total. The van der Waals surface area contributed by atoms with Crippen molar-refractivity contribution in [3.63, 3.8) is 0 Å². The Kier molecular flexibility index (Phi) is 5.47. The fraction of sp³-hybridized carbons (Fsp3) is 0.125. The molecule has 5 nitrogen and oxygen atoms in total. The zero-order valence-electron chi connectivity index (χ0n) is 11.8. The highest BCUT2D eigenvalue weighted by molar-refractivity contribution is 6.36. The first-order valence-corrected chi connectivity index (χ1v) is 7.39. The first-order chi connectivity index (χ1) is 10.9. The molecule has 2 rings (SSSR count). The number of benzene rings is 2. The van der Waals surface area contributed by atoms with Gasteiger partial charge in [0.25, 0.3) is 5.91 Å². The number of rotatable bonds is 5. The van der Waals surface area contributed by atoms with Crippen molar-refractivity contribution < 1.29 is 19.8 Å². The molecule has 1 amide bonds. The van der Waals surface area contributed by atoms with Crippen LogP contribution in [0.1, 0.15) is 15.9 Å². The molecule has 0 aliphatic carbocycles. The number of carboxylic acids is 1. The van der Waals surface area contributed by atoms with Gasteiger partial charge >= 0.3 is 5.97 Å². The van der Waals surface area contributed by atoms with Crippen LogP contribution in [0.2, 0.25) is 10.0 Å². The summed E-state index contributed by atoms with van der Waals surface area (Å²) >= 11 is 11.6. The van der Waals surface area contributed by atoms with Crippen molar-refractivity contribution in [2.45, 2.75) is 12.5 Å². The number of hydrogen-bond donors (Lipinski definition) is 3. The molecule has 0 fully saturated rings. The Morgan fingerprint density at radius 1 is 1.13 bits per heavy atom. The summed E-state index contributed by atoms with van der Waals surface area (Å²) in [7, 11) is 0. The molecule has 0 heterocycles. The van der Waals surface area contributed by atoms with Crippen molar-refractivity contribution in [2.24, 2.45) is 0 Å². The van der Waals surface area contributed by atoms with Crippen LogP contribution < -0.4 is 5.32 Å². The minimum atomic E-state index is -1.19. The Morgan fingerprint density at radius 3 is 2.39 bits per heavy atom. The summed E-state index contributed by atoms with van der Waals surface area (Å²) in [6, 6.07) is 10.2. The minimum absolute atomic E-state index is 0.0856. The number of amides is 1. The molecule has 2 aromatic carbocycles. The minimum Gasteiger partial charge on any atom is -0.506 e. The van der Waals surface area contributed by atoms with E-state index in [2.05, 4.69) is 5.32 Å². The van der Waals surface area contributed by atoms with Crippen molar-refractivity contribution in [1.82, 2.24) is 5.32 Å². The molecular weight excluding hydrogens is 341 g/mol. The van der Waals surface area contributed by atoms with Gasteiger partial charge in [-0.15, -0.1) is 0 Å². The Hall–Kier alpha value is -2.24. The molecule has 0 aliphatic rings. The van der Waals surface area contributed by atoms with Crippen molar-refractivity contribution >= 4 is 35.1 Å². The van der Waals surface area contributed by atoms with Gasteiger partial charge in [-0.25, -0.2) is 4.79 Å². The van der Waals surface area contributed by atoms with Gasteiger partial charge in [0.1, 0.15) is 11.8 Å². The quantitative estimate of drug-likeness (QED) is 0.770. The normalized spacial score (nSPS) is 11.7. The van der Waals surface area contributed by atoms with Crippen LogP contribution in [0.25, 0.3) is 0 Å². The number of aliphatic carboxylic acids is 1. The highest BCUT2D eigenvalue weighted by Crippen LogP contribution is 2.31. The van der Waals surface area contributed by atoms with Crippen molar-refractivity contribution in [1.29, 1.82) is 0 Å². The summed E-state index contributed by atoms with van der Waals surface area (Å²) in [5, 5.41) is 21.5. The first kappa shape index (κ1) is 17.1. The highest BCUT2D eigenvalue weighted by Gasteiger charge is 2.23. The summed E-state index contributed by atoms with van der Waals surface area (Å²) < 4.78 is 0. The molecular formula is C16H13Cl2NO4. The number of nitrogens with one attached hydrogen (secondary N) is 1. The number of phenolic OH excluding ortho intramolecular Hbond substituents is 1. The number of aromatic hydroxyl groups is 1. The van der Waals surface area contributed by atoms with E-state index in [-0.39, 0.29) is 22.0 Å². The van der Waals surface area contributed by atoms with Gasteiger partial charge in [-0.2, -0.15) is 0 Å². The number of hydrogen-bond acceptors (Lipinski definition) is 3. The van der Waals surface area contributed by atoms with E-state index in [4.69, 9.17) is 23.2 Å². The summed E-state index contributed by atoms with van der Waals surface area (Å²) in [5.41, 5.74) is 0.579. The summed E-state index contributed by atoms with van der Waals surface area (Å²) in [6.07, 6.45) is 0.108. The predicted molar refractivity (Wildman–Crippen MR) is 87.2 cm³/mol. The van der Waals surface area contributed by atoms with Crippen molar-refractivity contribution in [3.8, 4) is 5.75 Å². The van der Waals surface area contributed by atoms with E-state index >= 15 is 0 Å². The lowest BCUT2D eigenvalue weighted by atomic mass is 10.1. The van der Waals surface area contributed by atoms with Gasteiger partial charge in [-0.05, 0) is 17.7 Å². The molecule has 0 saturated heterocycles. The Morgan fingerprint density at radius 2 is 1.78 bits per heavy atom. The van der Waals surface area contributed by atoms with E-state index in [9.17, 15) is 19.8 Å². The molecule has 0 saturated carbocycles. The third-order valence-electron chi connectivity index (χ3n) is 3.16. The van der Waals surface area contributed by atoms with Crippen LogP contribution in [-0.4, -0.2) is 28.1 Å². The Balaban J connectivity index is 2.20. The summed E-state index contributed by atoms with van der Waals surface area (Å²) in [6.45, 7) is 0. The standard InChI is InChI=1S/C16H13Cl2NO4/c17-10-7-11(14(20)12(18)8-10)15(21)19-13(16(22)23)6-9-4-2-1-3-5-9/h1-5,7-8,13,20H,6H2,(H,19,21)(H,22,23)/t13-/m0/s1. The molecule has 0 unspecified atom stereocenters. The van der Waals surface area contributed by atoms with E-state index in [0.717, 1.165) is 5.56 Å². The van der Waals surface area contributed by atoms with E-state index < -0.39 is 23.7 Å². The smallest absolute Gasteiger partial charge is 0.326 e. The van der Waals surface area contributed by atoms with Crippen molar-refractivity contribution in [2.75, 3.05) is 0 Å². The largest absolute Gasteiger partial charge is 0.506 e. The van der Waals surface area contributed by atoms with Crippen LogP contribution >= 0.6 is 23.2 Å². The molecule has 7 heteroatoms. The number of carbonyl (C=O) groups excluding carboxylic acids is 1. The molecule has 23 heavy (non-hydrogen) atoms. The van der Waals surface area contributed by atoms with Gasteiger partial charge in [0.05, 0.1) is 10.6 Å². The molecule has 0 aliphatic heterocycles. The topological polar surface area (TPSA) is 86.6 Å². The van der Waals surface area contributed by atoms with Gasteiger partial charge in [-0.1, -0.05) is 53.5 Å². The van der Waals surface area contributed by atoms with Gasteiger partial charge in [0, 0.05) is 11.4 Å². The fourth-order valence-corrected chi connectivity index (χ4v) is 2.52. The second-order valence-corrected chi connectivity index (χ2v) is 5.68. The third-order valence-corrected chi connectivity index (χ3v) is 3.67. The summed E-state index contributed by atoms with van der Waals surface area (Å²) in [4.78, 5) is 23.6. The zero-order valence-corrected chi connectivity index (χ0v) is 13.3. The first-order valence-electron chi connectivity index (χ1n) is 6.64. The number of carboxylic acid groups (broad SMARTS) is 1. The number of halogens is 2. The number of carbonyl (C=O) groups is 2. The van der Waals surface area contributed by atoms with Crippen LogP contribution in [0.5, 0.6) is 5.75 Å². The molecule has 0 radical (unpaired) electrons. The predicted octanol–water partition coefficient (Wildman–Crippen LogP) is 3.12. The van der Waals surface area contributed by atoms with E-state index in [1.165, 1.54) is 12.1 Å².